The van der Waals surface area contributed by atoms with Gasteiger partial charge in [0.2, 0.25) is 0 Å². The molecule has 0 aromatic heterocycles. The molecule has 0 heterocycles. The van der Waals surface area contributed by atoms with Gasteiger partial charge < -0.3 is 56.5 Å². The Bertz CT molecular complexity index is 620. The lowest BCUT2D eigenvalue weighted by Crippen LogP contribution is -2.41. The fourth-order valence-corrected chi connectivity index (χ4v) is 3.92. The van der Waals surface area contributed by atoms with E-state index in [0.29, 0.717) is 139 Å². The van der Waals surface area contributed by atoms with Gasteiger partial charge in [-0.3, -0.25) is 4.79 Å². The maximum absolute atomic E-state index is 10.6. The summed E-state index contributed by atoms with van der Waals surface area (Å²) in [4.78, 5) is 10.6. The van der Waals surface area contributed by atoms with Gasteiger partial charge in [0, 0.05) is 6.92 Å². The topological polar surface area (TPSA) is 128 Å². The lowest BCUT2D eigenvalue weighted by molar-refractivity contribution is -0.142. The lowest BCUT2D eigenvalue weighted by Gasteiger charge is -2.36. The van der Waals surface area contributed by atoms with Crippen LogP contribution in [-0.4, -0.2) is 160 Å². The van der Waals surface area contributed by atoms with Crippen molar-refractivity contribution in [2.45, 2.75) is 45.8 Å². The number of rotatable bonds is 34. The van der Waals surface area contributed by atoms with Gasteiger partial charge >= 0.3 is 5.97 Å². The van der Waals surface area contributed by atoms with Gasteiger partial charge in [-0.1, -0.05) is 20.8 Å². The molecule has 0 aliphatic heterocycles. The first-order chi connectivity index (χ1) is 21.2. The fraction of sp³-hybridized carbons (Fsp3) is 0.967. The van der Waals surface area contributed by atoms with Crippen molar-refractivity contribution in [3.8, 4) is 0 Å². The zero-order valence-corrected chi connectivity index (χ0v) is 29.4. The van der Waals surface area contributed by atoms with Crippen molar-refractivity contribution >= 4 is 14.3 Å². The van der Waals surface area contributed by atoms with E-state index >= 15 is 0 Å². The molecule has 0 saturated carbocycles. The van der Waals surface area contributed by atoms with E-state index in [4.69, 9.17) is 56.5 Å². The molecule has 0 N–H and O–H groups in total. The minimum absolute atomic E-state index is 0.215. The third-order valence-corrected chi connectivity index (χ3v) is 10.9. The molecule has 0 bridgehead atoms. The van der Waals surface area contributed by atoms with Gasteiger partial charge in [-0.2, -0.15) is 0 Å². The maximum Gasteiger partial charge on any atom is 0.302 e. The van der Waals surface area contributed by atoms with Crippen LogP contribution in [0.4, 0.5) is 0 Å². The lowest BCUT2D eigenvalue weighted by atomic mass is 10.2. The summed E-state index contributed by atoms with van der Waals surface area (Å²) in [6.45, 7) is 23.5. The van der Waals surface area contributed by atoms with Crippen molar-refractivity contribution in [2.75, 3.05) is 145 Å². The SMILES string of the molecule is CC(=O)OCCOCCOCCOCCOCCOCCOCCOCCOCCOCCOCCO[Si](C)(C)C(C)(C)C. The molecule has 0 aliphatic carbocycles. The van der Waals surface area contributed by atoms with Crippen molar-refractivity contribution in [3.63, 3.8) is 0 Å². The summed E-state index contributed by atoms with van der Waals surface area (Å²) < 4.78 is 65.3. The molecule has 0 aromatic rings. The predicted molar refractivity (Wildman–Crippen MR) is 168 cm³/mol. The van der Waals surface area contributed by atoms with Crippen molar-refractivity contribution in [3.05, 3.63) is 0 Å². The zero-order valence-electron chi connectivity index (χ0n) is 28.4. The molecule has 14 heteroatoms. The van der Waals surface area contributed by atoms with Crippen LogP contribution in [0, 0.1) is 0 Å². The molecule has 0 radical (unpaired) electrons. The summed E-state index contributed by atoms with van der Waals surface area (Å²) >= 11 is 0. The molecule has 0 unspecified atom stereocenters. The number of hydrogen-bond acceptors (Lipinski definition) is 13. The Hall–Kier alpha value is -0.753. The van der Waals surface area contributed by atoms with Crippen molar-refractivity contribution in [1.82, 2.24) is 0 Å². The van der Waals surface area contributed by atoms with E-state index in [-0.39, 0.29) is 17.6 Å². The van der Waals surface area contributed by atoms with Gasteiger partial charge in [0.15, 0.2) is 8.32 Å². The van der Waals surface area contributed by atoms with E-state index in [9.17, 15) is 4.79 Å². The van der Waals surface area contributed by atoms with Gasteiger partial charge in [-0.05, 0) is 18.1 Å². The van der Waals surface area contributed by atoms with Crippen LogP contribution in [0.2, 0.25) is 18.1 Å². The second-order valence-electron chi connectivity index (χ2n) is 11.1. The van der Waals surface area contributed by atoms with Crippen molar-refractivity contribution in [1.29, 1.82) is 0 Å². The van der Waals surface area contributed by atoms with E-state index in [1.54, 1.807) is 0 Å². The summed E-state index contributed by atoms with van der Waals surface area (Å²) in [6, 6.07) is 0. The molecule has 44 heavy (non-hydrogen) atoms. The average Bonchev–Trinajstić information content (AvgIpc) is 2.96. The highest BCUT2D eigenvalue weighted by atomic mass is 28.4. The standard InChI is InChI=1S/C30H62O13Si/c1-29(31)42-27-25-40-23-21-38-19-17-36-15-13-34-11-9-32-7-8-33-10-12-35-14-16-37-18-20-39-22-24-41-26-28-43-44(5,6)30(2,3)4/h7-28H2,1-6H3. The normalized spacial score (nSPS) is 12.2. The Labute approximate surface area is 266 Å². The maximum atomic E-state index is 10.6. The van der Waals surface area contributed by atoms with E-state index in [1.807, 2.05) is 0 Å². The molecular weight excluding hydrogens is 596 g/mol. The first-order valence-electron chi connectivity index (χ1n) is 15.7. The smallest absolute Gasteiger partial charge is 0.302 e. The molecule has 0 spiro atoms. The second kappa shape index (κ2) is 30.9. The number of carbonyl (C=O) groups is 1. The molecule has 0 aliphatic rings. The van der Waals surface area contributed by atoms with E-state index in [1.165, 1.54) is 6.92 Å². The Kier molecular flexibility index (Phi) is 30.3. The molecule has 13 nitrogen and oxygen atoms in total. The van der Waals surface area contributed by atoms with Gasteiger partial charge in [-0.25, -0.2) is 0 Å². The molecular formula is C30H62O13Si. The van der Waals surface area contributed by atoms with E-state index in [0.717, 1.165) is 0 Å². The third kappa shape index (κ3) is 31.2. The zero-order chi connectivity index (χ0) is 32.6. The van der Waals surface area contributed by atoms with Crippen molar-refractivity contribution in [2.24, 2.45) is 0 Å². The third-order valence-electron chi connectivity index (χ3n) is 6.38. The number of esters is 1. The van der Waals surface area contributed by atoms with Crippen LogP contribution in [0.3, 0.4) is 0 Å². The van der Waals surface area contributed by atoms with Crippen LogP contribution in [0.25, 0.3) is 0 Å². The largest absolute Gasteiger partial charge is 0.463 e. The molecule has 0 saturated heterocycles. The Morgan fingerprint density at radius 2 is 0.614 bits per heavy atom. The van der Waals surface area contributed by atoms with E-state index in [2.05, 4.69) is 33.9 Å². The van der Waals surface area contributed by atoms with Gasteiger partial charge in [0.25, 0.3) is 0 Å². The van der Waals surface area contributed by atoms with Crippen molar-refractivity contribution < 1.29 is 61.3 Å². The molecule has 0 aromatic carbocycles. The summed E-state index contributed by atoms with van der Waals surface area (Å²) in [5, 5.41) is 0.215. The number of hydrogen-bond donors (Lipinski definition) is 0. The first kappa shape index (κ1) is 43.2. The highest BCUT2D eigenvalue weighted by molar-refractivity contribution is 6.74. The van der Waals surface area contributed by atoms with E-state index < -0.39 is 8.32 Å². The van der Waals surface area contributed by atoms with Crippen LogP contribution >= 0.6 is 0 Å². The molecule has 264 valence electrons. The van der Waals surface area contributed by atoms with Crippen LogP contribution in [0.1, 0.15) is 27.7 Å². The minimum Gasteiger partial charge on any atom is -0.463 e. The minimum atomic E-state index is -1.70. The predicted octanol–water partition coefficient (Wildman–Crippen LogP) is 2.74. The Morgan fingerprint density at radius 1 is 0.409 bits per heavy atom. The van der Waals surface area contributed by atoms with Crippen LogP contribution in [0.5, 0.6) is 0 Å². The average molecular weight is 659 g/mol. The van der Waals surface area contributed by atoms with Gasteiger partial charge in [0.05, 0.1) is 139 Å². The van der Waals surface area contributed by atoms with Gasteiger partial charge in [-0.15, -0.1) is 0 Å². The molecule has 0 fully saturated rings. The Morgan fingerprint density at radius 3 is 0.818 bits per heavy atom. The fourth-order valence-electron chi connectivity index (χ4n) is 2.90. The second-order valence-corrected chi connectivity index (χ2v) is 15.9. The van der Waals surface area contributed by atoms with Crippen LogP contribution in [0.15, 0.2) is 0 Å². The summed E-state index contributed by atoms with van der Waals surface area (Å²) in [6.07, 6.45) is 0. The summed E-state index contributed by atoms with van der Waals surface area (Å²) in [7, 11) is -1.70. The monoisotopic (exact) mass is 658 g/mol. The highest BCUT2D eigenvalue weighted by Gasteiger charge is 2.36. The molecule has 0 amide bonds. The molecule has 0 rings (SSSR count). The Balaban J connectivity index is 3.13. The highest BCUT2D eigenvalue weighted by Crippen LogP contribution is 2.36. The first-order valence-corrected chi connectivity index (χ1v) is 18.6. The number of carbonyl (C=O) groups excluding carboxylic acids is 1. The quantitative estimate of drug-likeness (QED) is 0.0572. The summed E-state index contributed by atoms with van der Waals surface area (Å²) in [5.41, 5.74) is 0. The van der Waals surface area contributed by atoms with Gasteiger partial charge in [0.1, 0.15) is 6.61 Å². The van der Waals surface area contributed by atoms with Crippen LogP contribution < -0.4 is 0 Å². The summed E-state index contributed by atoms with van der Waals surface area (Å²) in [5.74, 6) is -0.310. The number of ether oxygens (including phenoxy) is 11. The molecule has 0 atom stereocenters. The van der Waals surface area contributed by atoms with Crippen LogP contribution in [-0.2, 0) is 61.3 Å².